The number of ether oxygens (including phenoxy) is 1. The van der Waals surface area contributed by atoms with Gasteiger partial charge in [0.1, 0.15) is 11.6 Å². The minimum Gasteiger partial charge on any atom is -0.497 e. The van der Waals surface area contributed by atoms with Crippen molar-refractivity contribution < 1.29 is 9.53 Å². The van der Waals surface area contributed by atoms with Crippen LogP contribution in [0.5, 0.6) is 5.75 Å². The quantitative estimate of drug-likeness (QED) is 0.779. The smallest absolute Gasteiger partial charge is 0.271 e. The first kappa shape index (κ1) is 17.7. The third kappa shape index (κ3) is 5.53. The first-order valence-corrected chi connectivity index (χ1v) is 8.07. The number of hydrogen-bond donors (Lipinski definition) is 2. The van der Waals surface area contributed by atoms with E-state index in [2.05, 4.69) is 20.8 Å². The van der Waals surface area contributed by atoms with Crippen molar-refractivity contribution >= 4 is 11.7 Å². The summed E-state index contributed by atoms with van der Waals surface area (Å²) >= 11 is 0. The molecule has 0 radical (unpaired) electrons. The first-order chi connectivity index (χ1) is 11.6. The number of nitrogens with zero attached hydrogens (tertiary/aromatic N) is 2. The van der Waals surface area contributed by atoms with Crippen LogP contribution in [0.1, 0.15) is 29.9 Å². The number of hydrogen-bond acceptors (Lipinski definition) is 5. The van der Waals surface area contributed by atoms with Gasteiger partial charge < -0.3 is 15.4 Å². The molecule has 0 saturated carbocycles. The molecule has 0 atom stereocenters. The molecule has 2 rings (SSSR count). The maximum Gasteiger partial charge on any atom is 0.271 e. The van der Waals surface area contributed by atoms with Gasteiger partial charge in [0, 0.05) is 13.1 Å². The van der Waals surface area contributed by atoms with Gasteiger partial charge in [0.25, 0.3) is 5.91 Å². The standard InChI is InChI=1S/C18H24N4O2/c1-13(2)12-20-18(23)16-8-9-17(22-21-16)19-11-10-14-4-6-15(24-3)7-5-14/h4-9,13H,10-12H2,1-3H3,(H,19,22)(H,20,23). The molecule has 6 heteroatoms. The van der Waals surface area contributed by atoms with E-state index in [0.717, 1.165) is 18.7 Å². The zero-order valence-electron chi connectivity index (χ0n) is 14.4. The second-order valence-electron chi connectivity index (χ2n) is 5.93. The fourth-order valence-corrected chi connectivity index (χ4v) is 2.06. The van der Waals surface area contributed by atoms with E-state index in [0.29, 0.717) is 24.0 Å². The topological polar surface area (TPSA) is 76.1 Å². The molecule has 1 amide bonds. The van der Waals surface area contributed by atoms with E-state index in [9.17, 15) is 4.79 Å². The first-order valence-electron chi connectivity index (χ1n) is 8.07. The number of aromatic nitrogens is 2. The Morgan fingerprint density at radius 3 is 2.46 bits per heavy atom. The summed E-state index contributed by atoms with van der Waals surface area (Å²) in [6.45, 7) is 5.45. The highest BCUT2D eigenvalue weighted by atomic mass is 16.5. The molecule has 128 valence electrons. The lowest BCUT2D eigenvalue weighted by molar-refractivity contribution is 0.0943. The summed E-state index contributed by atoms with van der Waals surface area (Å²) in [6, 6.07) is 11.4. The van der Waals surface area contributed by atoms with Crippen molar-refractivity contribution in [3.8, 4) is 5.75 Å². The average molecular weight is 328 g/mol. The normalized spacial score (nSPS) is 10.5. The molecule has 0 bridgehead atoms. The molecule has 0 saturated heterocycles. The summed E-state index contributed by atoms with van der Waals surface area (Å²) in [5.41, 5.74) is 1.54. The molecule has 1 aromatic heterocycles. The predicted molar refractivity (Wildman–Crippen MR) is 94.4 cm³/mol. The molecular formula is C18H24N4O2. The van der Waals surface area contributed by atoms with E-state index < -0.39 is 0 Å². The van der Waals surface area contributed by atoms with Crippen LogP contribution in [0.3, 0.4) is 0 Å². The number of carbonyl (C=O) groups is 1. The number of methoxy groups -OCH3 is 1. The molecule has 1 aromatic carbocycles. The summed E-state index contributed by atoms with van der Waals surface area (Å²) < 4.78 is 5.14. The van der Waals surface area contributed by atoms with E-state index in [-0.39, 0.29) is 5.91 Å². The second kappa shape index (κ2) is 8.86. The fraction of sp³-hybridized carbons (Fsp3) is 0.389. The molecule has 24 heavy (non-hydrogen) atoms. The molecule has 0 aliphatic heterocycles. The van der Waals surface area contributed by atoms with E-state index in [1.807, 2.05) is 38.1 Å². The molecule has 2 N–H and O–H groups in total. The SMILES string of the molecule is COc1ccc(CCNc2ccc(C(=O)NCC(C)C)nn2)cc1. The van der Waals surface area contributed by atoms with Crippen molar-refractivity contribution in [2.75, 3.05) is 25.5 Å². The number of amides is 1. The summed E-state index contributed by atoms with van der Waals surface area (Å²) in [5, 5.41) is 14.0. The third-order valence-corrected chi connectivity index (χ3v) is 3.45. The van der Waals surface area contributed by atoms with Gasteiger partial charge in [-0.05, 0) is 42.2 Å². The van der Waals surface area contributed by atoms with Crippen LogP contribution >= 0.6 is 0 Å². The zero-order valence-corrected chi connectivity index (χ0v) is 14.4. The van der Waals surface area contributed by atoms with Crippen molar-refractivity contribution in [3.05, 3.63) is 47.7 Å². The lowest BCUT2D eigenvalue weighted by Crippen LogP contribution is -2.28. The second-order valence-corrected chi connectivity index (χ2v) is 5.93. The van der Waals surface area contributed by atoms with Gasteiger partial charge in [-0.15, -0.1) is 10.2 Å². The molecule has 0 unspecified atom stereocenters. The maximum atomic E-state index is 11.9. The molecule has 6 nitrogen and oxygen atoms in total. The van der Waals surface area contributed by atoms with E-state index in [1.165, 1.54) is 5.56 Å². The van der Waals surface area contributed by atoms with Crippen molar-refractivity contribution in [1.29, 1.82) is 0 Å². The van der Waals surface area contributed by atoms with Crippen LogP contribution in [0, 0.1) is 5.92 Å². The predicted octanol–water partition coefficient (Wildman–Crippen LogP) is 2.53. The van der Waals surface area contributed by atoms with Crippen LogP contribution in [0.15, 0.2) is 36.4 Å². The van der Waals surface area contributed by atoms with Crippen molar-refractivity contribution in [2.24, 2.45) is 5.92 Å². The van der Waals surface area contributed by atoms with Crippen LogP contribution in [-0.4, -0.2) is 36.3 Å². The molecule has 1 heterocycles. The average Bonchev–Trinajstić information content (AvgIpc) is 2.61. The fourth-order valence-electron chi connectivity index (χ4n) is 2.06. The van der Waals surface area contributed by atoms with Gasteiger partial charge in [-0.25, -0.2) is 0 Å². The van der Waals surface area contributed by atoms with Crippen molar-refractivity contribution in [1.82, 2.24) is 15.5 Å². The number of anilines is 1. The van der Waals surface area contributed by atoms with Crippen LogP contribution in [0.2, 0.25) is 0 Å². The summed E-state index contributed by atoms with van der Waals surface area (Å²) in [5.74, 6) is 1.72. The minimum atomic E-state index is -0.194. The Labute approximate surface area is 142 Å². The van der Waals surface area contributed by atoms with E-state index in [4.69, 9.17) is 4.74 Å². The van der Waals surface area contributed by atoms with Gasteiger partial charge in [0.2, 0.25) is 0 Å². The van der Waals surface area contributed by atoms with E-state index in [1.54, 1.807) is 19.2 Å². The Balaban J connectivity index is 1.79. The van der Waals surface area contributed by atoms with Crippen LogP contribution in [0.4, 0.5) is 5.82 Å². The Morgan fingerprint density at radius 2 is 1.88 bits per heavy atom. The van der Waals surface area contributed by atoms with Gasteiger partial charge in [-0.2, -0.15) is 0 Å². The van der Waals surface area contributed by atoms with Crippen molar-refractivity contribution in [2.45, 2.75) is 20.3 Å². The van der Waals surface area contributed by atoms with Crippen LogP contribution in [-0.2, 0) is 6.42 Å². The molecular weight excluding hydrogens is 304 g/mol. The van der Waals surface area contributed by atoms with Crippen molar-refractivity contribution in [3.63, 3.8) is 0 Å². The van der Waals surface area contributed by atoms with E-state index >= 15 is 0 Å². The lowest BCUT2D eigenvalue weighted by Gasteiger charge is -2.08. The zero-order chi connectivity index (χ0) is 17.4. The highest BCUT2D eigenvalue weighted by Gasteiger charge is 2.08. The maximum absolute atomic E-state index is 11.9. The molecule has 0 fully saturated rings. The van der Waals surface area contributed by atoms with Gasteiger partial charge in [-0.1, -0.05) is 26.0 Å². The van der Waals surface area contributed by atoms with Crippen LogP contribution in [0.25, 0.3) is 0 Å². The summed E-state index contributed by atoms with van der Waals surface area (Å²) in [7, 11) is 1.65. The molecule has 0 aliphatic rings. The lowest BCUT2D eigenvalue weighted by atomic mass is 10.1. The highest BCUT2D eigenvalue weighted by molar-refractivity contribution is 5.92. The molecule has 2 aromatic rings. The Bertz CT molecular complexity index is 639. The Kier molecular flexibility index (Phi) is 6.54. The number of benzene rings is 1. The minimum absolute atomic E-state index is 0.194. The Morgan fingerprint density at radius 1 is 1.12 bits per heavy atom. The number of nitrogens with one attached hydrogen (secondary N) is 2. The largest absolute Gasteiger partial charge is 0.497 e. The third-order valence-electron chi connectivity index (χ3n) is 3.45. The van der Waals surface area contributed by atoms with Gasteiger partial charge in [0.05, 0.1) is 7.11 Å². The number of carbonyl (C=O) groups excluding carboxylic acids is 1. The summed E-state index contributed by atoms with van der Waals surface area (Å²) in [4.78, 5) is 11.9. The van der Waals surface area contributed by atoms with Crippen LogP contribution < -0.4 is 15.4 Å². The van der Waals surface area contributed by atoms with Gasteiger partial charge in [-0.3, -0.25) is 4.79 Å². The number of rotatable bonds is 8. The summed E-state index contributed by atoms with van der Waals surface area (Å²) in [6.07, 6.45) is 0.863. The van der Waals surface area contributed by atoms with Gasteiger partial charge >= 0.3 is 0 Å². The molecule has 0 aliphatic carbocycles. The highest BCUT2D eigenvalue weighted by Crippen LogP contribution is 2.12. The monoisotopic (exact) mass is 328 g/mol. The van der Waals surface area contributed by atoms with Gasteiger partial charge in [0.15, 0.2) is 5.69 Å². The molecule has 0 spiro atoms. The Hall–Kier alpha value is -2.63.